The van der Waals surface area contributed by atoms with Gasteiger partial charge in [-0.15, -0.1) is 11.3 Å². The summed E-state index contributed by atoms with van der Waals surface area (Å²) in [7, 11) is 0. The van der Waals surface area contributed by atoms with Crippen molar-refractivity contribution in [1.82, 2.24) is 0 Å². The SMILES string of the molecule is CC1(C)c2cc(-c3ccccc3)ccc2-c2ccc(N(c3ccc(-c4cc(-c5ccccc5)cc(-c5ccccc5)c4)cc3)c3ccc(C4C=Cc5sc6ccccc6c5C4)cc3)cc21. The summed E-state index contributed by atoms with van der Waals surface area (Å²) in [4.78, 5) is 3.84. The van der Waals surface area contributed by atoms with Crippen LogP contribution in [-0.4, -0.2) is 0 Å². The third kappa shape index (κ3) is 7.02. The average molecular weight is 850 g/mol. The molecule has 65 heavy (non-hydrogen) atoms. The van der Waals surface area contributed by atoms with E-state index in [1.165, 1.54) is 92.9 Å². The van der Waals surface area contributed by atoms with Crippen LogP contribution in [0.3, 0.4) is 0 Å². The molecule has 0 spiro atoms. The zero-order chi connectivity index (χ0) is 43.5. The van der Waals surface area contributed by atoms with Crippen LogP contribution < -0.4 is 4.90 Å². The minimum atomic E-state index is -0.177. The topological polar surface area (TPSA) is 3.24 Å². The van der Waals surface area contributed by atoms with Crippen LogP contribution in [0.15, 0.2) is 224 Å². The van der Waals surface area contributed by atoms with Gasteiger partial charge in [-0.3, -0.25) is 0 Å². The van der Waals surface area contributed by atoms with Crippen LogP contribution in [0.2, 0.25) is 0 Å². The predicted octanol–water partition coefficient (Wildman–Crippen LogP) is 17.7. The summed E-state index contributed by atoms with van der Waals surface area (Å²) in [5.41, 5.74) is 21.1. The summed E-state index contributed by atoms with van der Waals surface area (Å²) in [6.45, 7) is 4.77. The lowest BCUT2D eigenvalue weighted by Crippen LogP contribution is -2.16. The van der Waals surface area contributed by atoms with E-state index in [0.717, 1.165) is 23.5 Å². The van der Waals surface area contributed by atoms with E-state index in [2.05, 4.69) is 249 Å². The Bertz CT molecular complexity index is 3340. The van der Waals surface area contributed by atoms with Gasteiger partial charge in [-0.25, -0.2) is 0 Å². The fraction of sp³-hybridized carbons (Fsp3) is 0.0794. The van der Waals surface area contributed by atoms with Crippen LogP contribution in [0.25, 0.3) is 71.8 Å². The third-order valence-electron chi connectivity index (χ3n) is 13.8. The first-order valence-corrected chi connectivity index (χ1v) is 23.6. The molecule has 2 heteroatoms. The Balaban J connectivity index is 0.936. The molecule has 0 bridgehead atoms. The summed E-state index contributed by atoms with van der Waals surface area (Å²) < 4.78 is 1.37. The Morgan fingerprint density at radius 3 is 1.52 bits per heavy atom. The zero-order valence-corrected chi connectivity index (χ0v) is 37.4. The van der Waals surface area contributed by atoms with Crippen molar-refractivity contribution in [2.45, 2.75) is 31.6 Å². The van der Waals surface area contributed by atoms with Gasteiger partial charge in [0, 0.05) is 38.0 Å². The van der Waals surface area contributed by atoms with E-state index < -0.39 is 0 Å². The fourth-order valence-corrected chi connectivity index (χ4v) is 11.5. The Kier molecular flexibility index (Phi) is 9.58. The summed E-state index contributed by atoms with van der Waals surface area (Å²) in [6, 6.07) is 80.7. The monoisotopic (exact) mass is 849 g/mol. The standard InChI is InChI=1S/C63H47NS/c1-63(2)59-40-48(42-14-6-3-7-15-42)26-33-55(59)56-34-32-54(41-60(56)63)64(52-28-22-45(23-29-52)47-27-35-62-58(39-47)57-20-12-13-21-61(57)65-62)53-30-24-46(25-31-53)51-37-49(43-16-8-4-9-17-43)36-50(38-51)44-18-10-5-11-19-44/h3-38,40-41,47H,39H2,1-2H3. The van der Waals surface area contributed by atoms with Crippen molar-refractivity contribution in [3.8, 4) is 55.6 Å². The molecule has 1 atom stereocenters. The Hall–Kier alpha value is -7.52. The highest BCUT2D eigenvalue weighted by molar-refractivity contribution is 7.20. The number of hydrogen-bond donors (Lipinski definition) is 0. The van der Waals surface area contributed by atoms with E-state index in [1.54, 1.807) is 0 Å². The van der Waals surface area contributed by atoms with Gasteiger partial charge in [-0.1, -0.05) is 172 Å². The summed E-state index contributed by atoms with van der Waals surface area (Å²) in [5.74, 6) is 0.329. The predicted molar refractivity (Wildman–Crippen MR) is 278 cm³/mol. The van der Waals surface area contributed by atoms with Crippen molar-refractivity contribution >= 4 is 44.6 Å². The van der Waals surface area contributed by atoms with Gasteiger partial charge in [0.25, 0.3) is 0 Å². The van der Waals surface area contributed by atoms with E-state index in [4.69, 9.17) is 0 Å². The van der Waals surface area contributed by atoms with Crippen molar-refractivity contribution in [3.63, 3.8) is 0 Å². The molecule has 0 saturated carbocycles. The molecule has 2 aliphatic rings. The number of nitrogens with zero attached hydrogens (tertiary/aromatic N) is 1. The maximum Gasteiger partial charge on any atom is 0.0465 e. The third-order valence-corrected chi connectivity index (χ3v) is 15.0. The molecule has 1 nitrogen and oxygen atoms in total. The number of allylic oxidation sites excluding steroid dienone is 1. The maximum atomic E-state index is 2.45. The average Bonchev–Trinajstić information content (AvgIpc) is 3.85. The van der Waals surface area contributed by atoms with Crippen LogP contribution in [-0.2, 0) is 11.8 Å². The van der Waals surface area contributed by atoms with Crippen molar-refractivity contribution < 1.29 is 0 Å². The number of benzene rings is 9. The number of thiophene rings is 1. The number of fused-ring (bicyclic) bond motifs is 6. The summed E-state index contributed by atoms with van der Waals surface area (Å²) in [6.07, 6.45) is 5.77. The molecule has 0 aliphatic heterocycles. The Morgan fingerprint density at radius 1 is 0.431 bits per heavy atom. The van der Waals surface area contributed by atoms with Crippen LogP contribution in [0, 0.1) is 0 Å². The van der Waals surface area contributed by atoms with Crippen molar-refractivity contribution in [3.05, 3.63) is 252 Å². The lowest BCUT2D eigenvalue weighted by atomic mass is 9.81. The first-order chi connectivity index (χ1) is 31.9. The highest BCUT2D eigenvalue weighted by atomic mass is 32.1. The first-order valence-electron chi connectivity index (χ1n) is 22.7. The molecular formula is C63H47NS. The highest BCUT2D eigenvalue weighted by Gasteiger charge is 2.36. The second-order valence-corrected chi connectivity index (χ2v) is 19.2. The number of rotatable bonds is 8. The van der Waals surface area contributed by atoms with Gasteiger partial charge in [0.2, 0.25) is 0 Å². The maximum absolute atomic E-state index is 2.45. The molecular weight excluding hydrogens is 803 g/mol. The molecule has 0 fully saturated rings. The van der Waals surface area contributed by atoms with Gasteiger partial charge in [0.1, 0.15) is 0 Å². The molecule has 0 amide bonds. The van der Waals surface area contributed by atoms with Crippen LogP contribution in [0.1, 0.15) is 46.9 Å². The van der Waals surface area contributed by atoms with E-state index in [9.17, 15) is 0 Å². The van der Waals surface area contributed by atoms with Crippen LogP contribution >= 0.6 is 11.3 Å². The van der Waals surface area contributed by atoms with Gasteiger partial charge < -0.3 is 4.90 Å². The summed E-state index contributed by atoms with van der Waals surface area (Å²) >= 11 is 1.91. The van der Waals surface area contributed by atoms with E-state index >= 15 is 0 Å². The molecule has 0 saturated heterocycles. The minimum absolute atomic E-state index is 0.177. The van der Waals surface area contributed by atoms with Gasteiger partial charge >= 0.3 is 0 Å². The quantitative estimate of drug-likeness (QED) is 0.147. The molecule has 1 heterocycles. The minimum Gasteiger partial charge on any atom is -0.310 e. The molecule has 10 aromatic rings. The molecule has 1 unspecified atom stereocenters. The van der Waals surface area contributed by atoms with Gasteiger partial charge in [0.05, 0.1) is 0 Å². The van der Waals surface area contributed by atoms with Crippen molar-refractivity contribution in [2.24, 2.45) is 0 Å². The fourth-order valence-electron chi connectivity index (χ4n) is 10.4. The smallest absolute Gasteiger partial charge is 0.0465 e. The zero-order valence-electron chi connectivity index (χ0n) is 36.6. The normalized spacial score (nSPS) is 14.5. The van der Waals surface area contributed by atoms with E-state index in [-0.39, 0.29) is 5.41 Å². The lowest BCUT2D eigenvalue weighted by Gasteiger charge is -2.29. The second-order valence-electron chi connectivity index (χ2n) is 18.1. The molecule has 1 aromatic heterocycles. The van der Waals surface area contributed by atoms with Crippen LogP contribution in [0.5, 0.6) is 0 Å². The van der Waals surface area contributed by atoms with Gasteiger partial charge in [-0.2, -0.15) is 0 Å². The molecule has 12 rings (SSSR count). The van der Waals surface area contributed by atoms with Gasteiger partial charge in [-0.05, 0) is 163 Å². The van der Waals surface area contributed by atoms with Crippen LogP contribution in [0.4, 0.5) is 17.1 Å². The molecule has 310 valence electrons. The van der Waals surface area contributed by atoms with Gasteiger partial charge in [0.15, 0.2) is 0 Å². The first kappa shape index (κ1) is 39.1. The molecule has 9 aromatic carbocycles. The van der Waals surface area contributed by atoms with E-state index in [0.29, 0.717) is 5.92 Å². The highest BCUT2D eigenvalue weighted by Crippen LogP contribution is 2.52. The van der Waals surface area contributed by atoms with E-state index in [1.807, 2.05) is 11.3 Å². The largest absolute Gasteiger partial charge is 0.310 e. The van der Waals surface area contributed by atoms with Crippen molar-refractivity contribution in [2.75, 3.05) is 4.90 Å². The number of anilines is 3. The number of hydrogen-bond acceptors (Lipinski definition) is 2. The molecule has 2 aliphatic carbocycles. The van der Waals surface area contributed by atoms with Crippen molar-refractivity contribution in [1.29, 1.82) is 0 Å². The second kappa shape index (κ2) is 15.9. The molecule has 0 N–H and O–H groups in total. The summed E-state index contributed by atoms with van der Waals surface area (Å²) in [5, 5.41) is 1.40. The lowest BCUT2D eigenvalue weighted by molar-refractivity contribution is 0.660. The Morgan fingerprint density at radius 2 is 0.908 bits per heavy atom. The molecule has 0 radical (unpaired) electrons. The Labute approximate surface area is 386 Å².